The summed E-state index contributed by atoms with van der Waals surface area (Å²) >= 11 is 0. The molecule has 0 unspecified atom stereocenters. The van der Waals surface area contributed by atoms with Crippen LogP contribution in [0.15, 0.2) is 109 Å². The van der Waals surface area contributed by atoms with E-state index in [9.17, 15) is 9.59 Å². The first kappa shape index (κ1) is 45.4. The van der Waals surface area contributed by atoms with Gasteiger partial charge < -0.3 is 18.9 Å². The van der Waals surface area contributed by atoms with Gasteiger partial charge in [-0.25, -0.2) is 9.59 Å². The van der Waals surface area contributed by atoms with Gasteiger partial charge in [-0.1, -0.05) is 174 Å². The van der Waals surface area contributed by atoms with E-state index in [1.165, 1.54) is 98.1 Å². The quantitative estimate of drug-likeness (QED) is 0.0347. The van der Waals surface area contributed by atoms with Gasteiger partial charge in [0.1, 0.15) is 17.8 Å². The van der Waals surface area contributed by atoms with E-state index in [1.54, 1.807) is 25.3 Å². The number of ether oxygens (including phenoxy) is 4. The van der Waals surface area contributed by atoms with Gasteiger partial charge in [0.15, 0.2) is 5.76 Å². The molecule has 0 fully saturated rings. The summed E-state index contributed by atoms with van der Waals surface area (Å²) in [6.45, 7) is 17.8. The van der Waals surface area contributed by atoms with Crippen LogP contribution in [0.3, 0.4) is 0 Å². The van der Waals surface area contributed by atoms with Gasteiger partial charge in [-0.05, 0) is 98.0 Å². The van der Waals surface area contributed by atoms with Gasteiger partial charge in [0.05, 0.1) is 25.4 Å². The van der Waals surface area contributed by atoms with Crippen LogP contribution in [0, 0.1) is 5.41 Å². The average Bonchev–Trinajstić information content (AvgIpc) is 3.84. The van der Waals surface area contributed by atoms with Crippen molar-refractivity contribution in [3.63, 3.8) is 0 Å². The molecule has 4 aromatic rings. The molecule has 63 heavy (non-hydrogen) atoms. The highest BCUT2D eigenvalue weighted by atomic mass is 16.5. The fourth-order valence-corrected chi connectivity index (χ4v) is 9.48. The average molecular weight is 847 g/mol. The highest BCUT2D eigenvalue weighted by molar-refractivity contribution is 6.21. The van der Waals surface area contributed by atoms with Crippen LogP contribution >= 0.6 is 0 Å². The van der Waals surface area contributed by atoms with Gasteiger partial charge in [-0.15, -0.1) is 0 Å². The van der Waals surface area contributed by atoms with Gasteiger partial charge in [-0.2, -0.15) is 0 Å². The molecule has 0 N–H and O–H groups in total. The first-order valence-electron chi connectivity index (χ1n) is 23.1. The van der Waals surface area contributed by atoms with Gasteiger partial charge >= 0.3 is 11.9 Å². The van der Waals surface area contributed by atoms with Crippen LogP contribution in [-0.4, -0.2) is 26.2 Å². The third-order valence-corrected chi connectivity index (χ3v) is 12.9. The molecule has 0 radical (unpaired) electrons. The van der Waals surface area contributed by atoms with Crippen molar-refractivity contribution in [2.45, 2.75) is 130 Å². The molecule has 0 amide bonds. The first-order chi connectivity index (χ1) is 30.1. The van der Waals surface area contributed by atoms with Crippen LogP contribution in [0.25, 0.3) is 33.4 Å². The molecule has 1 aliphatic carbocycles. The molecule has 0 atom stereocenters. The minimum Gasteiger partial charge on any atom is -0.501 e. The number of allylic oxidation sites excluding steroid dienone is 3. The van der Waals surface area contributed by atoms with Gasteiger partial charge in [-0.3, -0.25) is 0 Å². The minimum atomic E-state index is -0.499. The maximum atomic E-state index is 13.7. The number of hydrogen-bond acceptors (Lipinski definition) is 6. The zero-order valence-corrected chi connectivity index (χ0v) is 39.3. The van der Waals surface area contributed by atoms with E-state index in [1.807, 2.05) is 24.3 Å². The van der Waals surface area contributed by atoms with Crippen LogP contribution in [0.5, 0.6) is 11.5 Å². The SMILES string of the molecule is CCCCCCC1(CCCCCC)c2cc(-c3ccc(C4=c5cc6c(cc5OC4=O)=C(/C(C=CC(C)(C)C)=C/C(=C/OC)OC)C(=O)O6)cc3)ccc2-c2ccc(C(C)(C)C)cc21. The Labute approximate surface area is 375 Å². The minimum absolute atomic E-state index is 0.0380. The standard InChI is InChI=1S/C57H66O6/c1-11-13-15-17-28-57(29-18-16-14-12-2)47-32-39(23-25-43(47)44-26-24-41(33-48(44)57)56(6,7)8)37-19-21-38(22-20-37)51-45-34-50-46(35-49(45)62-53(51)58)52(54(59)63-50)40(27-30-55(3,4)5)31-42(61-10)36-60-9/h19-27,30-36H,11-18,28-29H2,1-10H3/b30-27?,40-31+,42-36-. The number of hydrogen-bond donors (Lipinski definition) is 0. The van der Waals surface area contributed by atoms with E-state index < -0.39 is 11.9 Å². The number of fused-ring (bicyclic) bond motifs is 5. The van der Waals surface area contributed by atoms with E-state index >= 15 is 0 Å². The van der Waals surface area contributed by atoms with Gasteiger partial charge in [0.2, 0.25) is 0 Å². The van der Waals surface area contributed by atoms with Crippen molar-refractivity contribution < 1.29 is 28.5 Å². The summed E-state index contributed by atoms with van der Waals surface area (Å²) in [5, 5.41) is 1.13. The first-order valence-corrected chi connectivity index (χ1v) is 23.1. The highest BCUT2D eigenvalue weighted by Crippen LogP contribution is 2.55. The normalized spacial score (nSPS) is 15.7. The van der Waals surface area contributed by atoms with Crippen LogP contribution < -0.4 is 19.9 Å². The lowest BCUT2D eigenvalue weighted by Crippen LogP contribution is -2.26. The molecule has 6 heteroatoms. The number of unbranched alkanes of at least 4 members (excludes halogenated alkanes) is 6. The Morgan fingerprint density at radius 2 is 1.22 bits per heavy atom. The molecule has 0 spiro atoms. The summed E-state index contributed by atoms with van der Waals surface area (Å²) in [4.78, 5) is 27.3. The van der Waals surface area contributed by atoms with Crippen LogP contribution in [0.2, 0.25) is 0 Å². The van der Waals surface area contributed by atoms with Crippen molar-refractivity contribution in [3.05, 3.63) is 141 Å². The molecule has 2 heterocycles. The zero-order valence-electron chi connectivity index (χ0n) is 39.3. The molecule has 4 aromatic carbocycles. The Balaban J connectivity index is 1.29. The molecule has 2 aliphatic heterocycles. The maximum absolute atomic E-state index is 13.7. The second-order valence-corrected chi connectivity index (χ2v) is 19.7. The summed E-state index contributed by atoms with van der Waals surface area (Å²) in [5.41, 5.74) is 11.3. The van der Waals surface area contributed by atoms with Gasteiger partial charge in [0.25, 0.3) is 0 Å². The van der Waals surface area contributed by atoms with Crippen molar-refractivity contribution in [3.8, 4) is 33.8 Å². The summed E-state index contributed by atoms with van der Waals surface area (Å²) < 4.78 is 22.5. The lowest BCUT2D eigenvalue weighted by molar-refractivity contribution is -0.128. The number of methoxy groups -OCH3 is 2. The molecule has 0 bridgehead atoms. The summed E-state index contributed by atoms with van der Waals surface area (Å²) in [6, 6.07) is 26.1. The number of rotatable bonds is 17. The predicted molar refractivity (Wildman–Crippen MR) is 256 cm³/mol. The molecular formula is C57H66O6. The van der Waals surface area contributed by atoms with Crippen molar-refractivity contribution in [1.29, 1.82) is 0 Å². The van der Waals surface area contributed by atoms with E-state index in [-0.39, 0.29) is 16.2 Å². The van der Waals surface area contributed by atoms with Crippen molar-refractivity contribution in [2.24, 2.45) is 5.41 Å². The fraction of sp³-hybridized carbons (Fsp3) is 0.404. The van der Waals surface area contributed by atoms with Crippen LogP contribution in [0.1, 0.15) is 142 Å². The topological polar surface area (TPSA) is 71.1 Å². The molecule has 0 aromatic heterocycles. The maximum Gasteiger partial charge on any atom is 0.344 e. The van der Waals surface area contributed by atoms with Crippen LogP contribution in [-0.2, 0) is 29.9 Å². The molecule has 0 saturated carbocycles. The lowest BCUT2D eigenvalue weighted by Gasteiger charge is -2.34. The Morgan fingerprint density at radius 3 is 1.83 bits per heavy atom. The number of carbonyl (C=O) groups excluding carboxylic acids is 2. The summed E-state index contributed by atoms with van der Waals surface area (Å²) in [5.74, 6) is 0.238. The molecule has 6 nitrogen and oxygen atoms in total. The number of carbonyl (C=O) groups is 2. The Bertz CT molecular complexity index is 2590. The van der Waals surface area contributed by atoms with Crippen molar-refractivity contribution >= 4 is 23.1 Å². The fourth-order valence-electron chi connectivity index (χ4n) is 9.48. The molecular weight excluding hydrogens is 781 g/mol. The molecule has 3 aliphatic rings. The molecule has 0 saturated heterocycles. The molecule has 7 rings (SSSR count). The number of esters is 2. The Kier molecular flexibility index (Phi) is 13.4. The number of benzene rings is 4. The van der Waals surface area contributed by atoms with E-state index in [4.69, 9.17) is 18.9 Å². The smallest absolute Gasteiger partial charge is 0.344 e. The van der Waals surface area contributed by atoms with Crippen molar-refractivity contribution in [2.75, 3.05) is 14.2 Å². The summed E-state index contributed by atoms with van der Waals surface area (Å²) in [7, 11) is 3.08. The van der Waals surface area contributed by atoms with Crippen molar-refractivity contribution in [1.82, 2.24) is 0 Å². The summed E-state index contributed by atoms with van der Waals surface area (Å²) in [6.07, 6.45) is 19.3. The Hall–Kier alpha value is -5.62. The monoisotopic (exact) mass is 846 g/mol. The second-order valence-electron chi connectivity index (χ2n) is 19.7. The molecule has 330 valence electrons. The Morgan fingerprint density at radius 1 is 0.651 bits per heavy atom. The predicted octanol–water partition coefficient (Wildman–Crippen LogP) is 12.7. The van der Waals surface area contributed by atoms with E-state index in [0.29, 0.717) is 44.4 Å². The second kappa shape index (κ2) is 18.6. The highest BCUT2D eigenvalue weighted by Gasteiger charge is 2.43. The van der Waals surface area contributed by atoms with Crippen LogP contribution in [0.4, 0.5) is 0 Å². The lowest BCUT2D eigenvalue weighted by atomic mass is 9.69. The van der Waals surface area contributed by atoms with E-state index in [0.717, 1.165) is 24.0 Å². The third-order valence-electron chi connectivity index (χ3n) is 12.9. The largest absolute Gasteiger partial charge is 0.501 e. The zero-order chi connectivity index (χ0) is 45.1. The van der Waals surface area contributed by atoms with Gasteiger partial charge in [0, 0.05) is 15.9 Å². The third kappa shape index (κ3) is 9.37. The van der Waals surface area contributed by atoms with E-state index in [2.05, 4.69) is 104 Å².